The Kier molecular flexibility index (Phi) is 5.34. The van der Waals surface area contributed by atoms with Crippen LogP contribution in [0.4, 0.5) is 0 Å². The van der Waals surface area contributed by atoms with E-state index in [4.69, 9.17) is 9.47 Å². The summed E-state index contributed by atoms with van der Waals surface area (Å²) in [5.41, 5.74) is 3.56. The van der Waals surface area contributed by atoms with Crippen molar-refractivity contribution in [2.24, 2.45) is 5.10 Å². The zero-order valence-electron chi connectivity index (χ0n) is 11.8. The normalized spacial score (nSPS) is 10.6. The van der Waals surface area contributed by atoms with Gasteiger partial charge in [0, 0.05) is 4.88 Å². The molecule has 1 amide bonds. The Morgan fingerprint density at radius 3 is 2.62 bits per heavy atom. The highest BCUT2D eigenvalue weighted by atomic mass is 32.1. The van der Waals surface area contributed by atoms with Crippen molar-refractivity contribution in [3.8, 4) is 11.5 Å². The van der Waals surface area contributed by atoms with Crippen molar-refractivity contribution in [3.05, 3.63) is 46.2 Å². The highest BCUT2D eigenvalue weighted by Gasteiger charge is 2.02. The summed E-state index contributed by atoms with van der Waals surface area (Å²) < 4.78 is 10.4. The van der Waals surface area contributed by atoms with E-state index >= 15 is 0 Å². The minimum absolute atomic E-state index is 0.0902. The molecule has 2 rings (SSSR count). The Morgan fingerprint density at radius 1 is 1.29 bits per heavy atom. The quantitative estimate of drug-likeness (QED) is 0.659. The summed E-state index contributed by atoms with van der Waals surface area (Å²) in [6.07, 6.45) is 1.63. The van der Waals surface area contributed by atoms with Crippen LogP contribution in [-0.2, 0) is 4.79 Å². The van der Waals surface area contributed by atoms with Crippen LogP contribution in [0.3, 0.4) is 0 Å². The number of amides is 1. The Labute approximate surface area is 127 Å². The third-order valence-corrected chi connectivity index (χ3v) is 3.66. The average Bonchev–Trinajstić information content (AvgIpc) is 2.91. The lowest BCUT2D eigenvalue weighted by molar-refractivity contribution is -0.123. The van der Waals surface area contributed by atoms with Crippen LogP contribution >= 0.6 is 11.3 Å². The summed E-state index contributed by atoms with van der Waals surface area (Å²) >= 11 is 1.57. The molecule has 0 radical (unpaired) electrons. The first-order valence-corrected chi connectivity index (χ1v) is 7.20. The van der Waals surface area contributed by atoms with Gasteiger partial charge in [-0.1, -0.05) is 0 Å². The van der Waals surface area contributed by atoms with Gasteiger partial charge < -0.3 is 9.47 Å². The lowest BCUT2D eigenvalue weighted by atomic mass is 10.3. The molecule has 0 unspecified atom stereocenters. The van der Waals surface area contributed by atoms with Gasteiger partial charge in [-0.2, -0.15) is 5.10 Å². The van der Waals surface area contributed by atoms with E-state index in [1.165, 1.54) is 0 Å². The fourth-order valence-electron chi connectivity index (χ4n) is 1.53. The second-order valence-corrected chi connectivity index (χ2v) is 5.17. The second-order valence-electron chi connectivity index (χ2n) is 4.23. The molecule has 0 spiro atoms. The predicted molar refractivity (Wildman–Crippen MR) is 83.3 cm³/mol. The van der Waals surface area contributed by atoms with Crippen LogP contribution in [0.25, 0.3) is 0 Å². The number of carbonyl (C=O) groups excluding carboxylic acids is 1. The van der Waals surface area contributed by atoms with Gasteiger partial charge in [0.1, 0.15) is 11.5 Å². The zero-order valence-corrected chi connectivity index (χ0v) is 12.6. The van der Waals surface area contributed by atoms with E-state index in [-0.39, 0.29) is 12.5 Å². The van der Waals surface area contributed by atoms with Crippen molar-refractivity contribution >= 4 is 23.5 Å². The summed E-state index contributed by atoms with van der Waals surface area (Å²) in [6, 6.07) is 9.02. The van der Waals surface area contributed by atoms with E-state index < -0.39 is 0 Å². The number of aryl methyl sites for hydroxylation is 1. The maximum absolute atomic E-state index is 11.6. The third kappa shape index (κ3) is 4.61. The molecule has 21 heavy (non-hydrogen) atoms. The van der Waals surface area contributed by atoms with Crippen LogP contribution < -0.4 is 14.9 Å². The number of benzene rings is 1. The largest absolute Gasteiger partial charge is 0.497 e. The third-order valence-electron chi connectivity index (χ3n) is 2.70. The lowest BCUT2D eigenvalue weighted by Crippen LogP contribution is -2.24. The van der Waals surface area contributed by atoms with E-state index in [1.807, 2.05) is 18.4 Å². The van der Waals surface area contributed by atoms with Gasteiger partial charge in [-0.05, 0) is 48.2 Å². The summed E-state index contributed by atoms with van der Waals surface area (Å²) in [4.78, 5) is 12.6. The van der Waals surface area contributed by atoms with E-state index in [0.29, 0.717) is 5.75 Å². The molecule has 0 aliphatic heterocycles. The fourth-order valence-corrected chi connectivity index (χ4v) is 2.32. The zero-order chi connectivity index (χ0) is 15.1. The molecule has 5 nitrogen and oxygen atoms in total. The molecule has 2 aromatic rings. The Hall–Kier alpha value is -2.34. The van der Waals surface area contributed by atoms with Crippen molar-refractivity contribution < 1.29 is 14.3 Å². The second kappa shape index (κ2) is 7.44. The van der Waals surface area contributed by atoms with Gasteiger partial charge in [0.15, 0.2) is 6.61 Å². The molecule has 0 atom stereocenters. The molecular weight excluding hydrogens is 288 g/mol. The summed E-state index contributed by atoms with van der Waals surface area (Å²) in [5, 5.41) is 5.88. The molecule has 110 valence electrons. The van der Waals surface area contributed by atoms with Crippen LogP contribution in [0.1, 0.15) is 10.4 Å². The SMILES string of the molecule is COc1ccc(OCC(=O)NN=Cc2sccc2C)cc1. The molecule has 0 saturated heterocycles. The first-order chi connectivity index (χ1) is 10.2. The molecule has 1 aromatic carbocycles. The van der Waals surface area contributed by atoms with Gasteiger partial charge >= 0.3 is 0 Å². The Bertz CT molecular complexity index is 620. The van der Waals surface area contributed by atoms with Crippen LogP contribution in [-0.4, -0.2) is 25.8 Å². The van der Waals surface area contributed by atoms with Crippen molar-refractivity contribution in [2.75, 3.05) is 13.7 Å². The van der Waals surface area contributed by atoms with Crippen LogP contribution in [0.2, 0.25) is 0 Å². The van der Waals surface area contributed by atoms with Crippen LogP contribution in [0.15, 0.2) is 40.8 Å². The molecule has 0 aliphatic rings. The van der Waals surface area contributed by atoms with Gasteiger partial charge in [0.05, 0.1) is 13.3 Å². The predicted octanol–water partition coefficient (Wildman–Crippen LogP) is 2.59. The molecule has 0 bridgehead atoms. The van der Waals surface area contributed by atoms with Crippen molar-refractivity contribution in [2.45, 2.75) is 6.92 Å². The molecule has 1 aromatic heterocycles. The number of hydrogen-bond acceptors (Lipinski definition) is 5. The number of hydrogen-bond donors (Lipinski definition) is 1. The van der Waals surface area contributed by atoms with Crippen molar-refractivity contribution in [3.63, 3.8) is 0 Å². The van der Waals surface area contributed by atoms with Gasteiger partial charge in [-0.15, -0.1) is 11.3 Å². The minimum Gasteiger partial charge on any atom is -0.497 e. The van der Waals surface area contributed by atoms with Gasteiger partial charge in [-0.25, -0.2) is 5.43 Å². The highest BCUT2D eigenvalue weighted by Crippen LogP contribution is 2.16. The first-order valence-electron chi connectivity index (χ1n) is 6.32. The maximum Gasteiger partial charge on any atom is 0.277 e. The average molecular weight is 304 g/mol. The Balaban J connectivity index is 1.76. The topological polar surface area (TPSA) is 59.9 Å². The van der Waals surface area contributed by atoms with Gasteiger partial charge in [0.2, 0.25) is 0 Å². The summed E-state index contributed by atoms with van der Waals surface area (Å²) in [7, 11) is 1.59. The van der Waals surface area contributed by atoms with Crippen LogP contribution in [0, 0.1) is 6.92 Å². The number of hydrazone groups is 1. The molecule has 0 fully saturated rings. The fraction of sp³-hybridized carbons (Fsp3) is 0.200. The Morgan fingerprint density at radius 2 is 2.00 bits per heavy atom. The lowest BCUT2D eigenvalue weighted by Gasteiger charge is -2.05. The first kappa shape index (κ1) is 15.1. The summed E-state index contributed by atoms with van der Waals surface area (Å²) in [6.45, 7) is 1.90. The maximum atomic E-state index is 11.6. The number of methoxy groups -OCH3 is 1. The van der Waals surface area contributed by atoms with Crippen molar-refractivity contribution in [1.29, 1.82) is 0 Å². The molecular formula is C15H16N2O3S. The van der Waals surface area contributed by atoms with E-state index in [1.54, 1.807) is 48.9 Å². The number of carbonyl (C=O) groups is 1. The van der Waals surface area contributed by atoms with E-state index in [0.717, 1.165) is 16.2 Å². The number of nitrogens with zero attached hydrogens (tertiary/aromatic N) is 1. The molecule has 0 aliphatic carbocycles. The minimum atomic E-state index is -0.309. The molecule has 1 heterocycles. The molecule has 6 heteroatoms. The smallest absolute Gasteiger partial charge is 0.277 e. The number of rotatable bonds is 6. The monoisotopic (exact) mass is 304 g/mol. The van der Waals surface area contributed by atoms with Gasteiger partial charge in [0.25, 0.3) is 5.91 Å². The summed E-state index contributed by atoms with van der Waals surface area (Å²) in [5.74, 6) is 1.03. The number of thiophene rings is 1. The highest BCUT2D eigenvalue weighted by molar-refractivity contribution is 7.11. The van der Waals surface area contributed by atoms with Crippen LogP contribution in [0.5, 0.6) is 11.5 Å². The van der Waals surface area contributed by atoms with E-state index in [9.17, 15) is 4.79 Å². The number of ether oxygens (including phenoxy) is 2. The number of nitrogens with one attached hydrogen (secondary N) is 1. The molecule has 0 saturated carbocycles. The van der Waals surface area contributed by atoms with Gasteiger partial charge in [-0.3, -0.25) is 4.79 Å². The standard InChI is InChI=1S/C15H16N2O3S/c1-11-7-8-21-14(11)9-16-17-15(18)10-20-13-5-3-12(19-2)4-6-13/h3-9H,10H2,1-2H3,(H,17,18). The van der Waals surface area contributed by atoms with Crippen molar-refractivity contribution in [1.82, 2.24) is 5.43 Å². The van der Waals surface area contributed by atoms with E-state index in [2.05, 4.69) is 10.5 Å². The molecule has 1 N–H and O–H groups in total.